The first-order chi connectivity index (χ1) is 9.53. The van der Waals surface area contributed by atoms with E-state index in [4.69, 9.17) is 0 Å². The Morgan fingerprint density at radius 2 is 1.95 bits per heavy atom. The predicted molar refractivity (Wildman–Crippen MR) is 81.7 cm³/mol. The molecule has 6 heteroatoms. The Balaban J connectivity index is 2.00. The molecule has 1 heterocycles. The van der Waals surface area contributed by atoms with Crippen molar-refractivity contribution >= 4 is 10.2 Å². The highest BCUT2D eigenvalue weighted by Gasteiger charge is 2.34. The fourth-order valence-corrected chi connectivity index (χ4v) is 5.26. The molecule has 0 aromatic rings. The highest BCUT2D eigenvalue weighted by molar-refractivity contribution is 7.87. The van der Waals surface area contributed by atoms with Crippen molar-refractivity contribution in [3.8, 4) is 0 Å². The maximum absolute atomic E-state index is 12.6. The largest absolute Gasteiger partial charge is 0.318 e. The van der Waals surface area contributed by atoms with Crippen LogP contribution in [-0.4, -0.2) is 44.9 Å². The van der Waals surface area contributed by atoms with Gasteiger partial charge in [0.25, 0.3) is 10.2 Å². The molecule has 1 aliphatic carbocycles. The molecule has 0 bridgehead atoms. The summed E-state index contributed by atoms with van der Waals surface area (Å²) in [6.07, 6.45) is 7.38. The minimum atomic E-state index is -3.33. The number of nitrogens with one attached hydrogen (secondary N) is 2. The van der Waals surface area contributed by atoms with E-state index in [1.165, 1.54) is 6.42 Å². The van der Waals surface area contributed by atoms with E-state index >= 15 is 0 Å². The van der Waals surface area contributed by atoms with Crippen LogP contribution in [0.25, 0.3) is 0 Å². The summed E-state index contributed by atoms with van der Waals surface area (Å²) in [5.41, 5.74) is 0. The Morgan fingerprint density at radius 1 is 1.15 bits per heavy atom. The number of rotatable bonds is 5. The molecule has 2 fully saturated rings. The number of nitrogens with zero attached hydrogens (tertiary/aromatic N) is 1. The van der Waals surface area contributed by atoms with Gasteiger partial charge in [0.15, 0.2) is 0 Å². The van der Waals surface area contributed by atoms with E-state index in [1.54, 1.807) is 4.31 Å². The molecule has 1 saturated heterocycles. The van der Waals surface area contributed by atoms with E-state index < -0.39 is 10.2 Å². The van der Waals surface area contributed by atoms with Crippen molar-refractivity contribution in [3.05, 3.63) is 0 Å². The molecular formula is C14H29N3O2S. The lowest BCUT2D eigenvalue weighted by molar-refractivity contribution is 0.240. The van der Waals surface area contributed by atoms with Crippen LogP contribution in [0.4, 0.5) is 0 Å². The fraction of sp³-hybridized carbons (Fsp3) is 1.00. The monoisotopic (exact) mass is 303 g/mol. The smallest absolute Gasteiger partial charge is 0.279 e. The van der Waals surface area contributed by atoms with Crippen LogP contribution in [0.1, 0.15) is 51.9 Å². The molecule has 1 aliphatic heterocycles. The van der Waals surface area contributed by atoms with Gasteiger partial charge < -0.3 is 5.32 Å². The van der Waals surface area contributed by atoms with Crippen LogP contribution in [0.2, 0.25) is 0 Å². The van der Waals surface area contributed by atoms with Crippen LogP contribution in [0.3, 0.4) is 0 Å². The summed E-state index contributed by atoms with van der Waals surface area (Å²) in [7, 11) is -1.45. The molecule has 2 aliphatic rings. The molecule has 2 rings (SSSR count). The summed E-state index contributed by atoms with van der Waals surface area (Å²) < 4.78 is 29.9. The summed E-state index contributed by atoms with van der Waals surface area (Å²) in [6, 6.07) is 0.230. The lowest BCUT2D eigenvalue weighted by Crippen LogP contribution is -2.54. The third kappa shape index (κ3) is 4.16. The van der Waals surface area contributed by atoms with Crippen molar-refractivity contribution in [3.63, 3.8) is 0 Å². The van der Waals surface area contributed by atoms with Gasteiger partial charge in [0, 0.05) is 25.2 Å². The Morgan fingerprint density at radius 3 is 2.65 bits per heavy atom. The normalized spacial score (nSPS) is 33.2. The minimum Gasteiger partial charge on any atom is -0.318 e. The molecule has 20 heavy (non-hydrogen) atoms. The molecule has 3 unspecified atom stereocenters. The summed E-state index contributed by atoms with van der Waals surface area (Å²) in [5, 5.41) is 3.12. The first-order valence-corrected chi connectivity index (χ1v) is 9.40. The maximum atomic E-state index is 12.6. The van der Waals surface area contributed by atoms with E-state index in [9.17, 15) is 8.42 Å². The van der Waals surface area contributed by atoms with Crippen molar-refractivity contribution in [2.24, 2.45) is 5.92 Å². The lowest BCUT2D eigenvalue weighted by Gasteiger charge is -2.36. The van der Waals surface area contributed by atoms with E-state index in [0.717, 1.165) is 45.1 Å². The van der Waals surface area contributed by atoms with Crippen molar-refractivity contribution in [1.29, 1.82) is 0 Å². The van der Waals surface area contributed by atoms with Crippen LogP contribution in [0.15, 0.2) is 0 Å². The predicted octanol–water partition coefficient (Wildman–Crippen LogP) is 1.47. The van der Waals surface area contributed by atoms with Gasteiger partial charge in [-0.1, -0.05) is 26.2 Å². The number of likely N-dealkylation sites (N-methyl/N-ethyl adjacent to an activating group) is 1. The third-order valence-electron chi connectivity index (χ3n) is 4.57. The van der Waals surface area contributed by atoms with Crippen LogP contribution >= 0.6 is 0 Å². The molecule has 1 saturated carbocycles. The Bertz CT molecular complexity index is 397. The summed E-state index contributed by atoms with van der Waals surface area (Å²) in [5.74, 6) is 0.630. The van der Waals surface area contributed by atoms with Gasteiger partial charge in [-0.2, -0.15) is 17.4 Å². The summed E-state index contributed by atoms with van der Waals surface area (Å²) >= 11 is 0. The molecule has 0 amide bonds. The Labute approximate surface area is 123 Å². The number of hydrogen-bond acceptors (Lipinski definition) is 3. The second kappa shape index (κ2) is 7.20. The van der Waals surface area contributed by atoms with Gasteiger partial charge in [0.1, 0.15) is 0 Å². The average molecular weight is 303 g/mol. The van der Waals surface area contributed by atoms with Crippen LogP contribution < -0.4 is 10.0 Å². The summed E-state index contributed by atoms with van der Waals surface area (Å²) in [4.78, 5) is 0. The zero-order valence-corrected chi connectivity index (χ0v) is 13.6. The van der Waals surface area contributed by atoms with Gasteiger partial charge in [-0.3, -0.25) is 0 Å². The third-order valence-corrected chi connectivity index (χ3v) is 6.30. The lowest BCUT2D eigenvalue weighted by atomic mass is 9.88. The highest BCUT2D eigenvalue weighted by Crippen LogP contribution is 2.25. The van der Waals surface area contributed by atoms with Gasteiger partial charge in [0.05, 0.1) is 0 Å². The van der Waals surface area contributed by atoms with E-state index in [1.807, 2.05) is 7.05 Å². The highest BCUT2D eigenvalue weighted by atomic mass is 32.2. The van der Waals surface area contributed by atoms with Crippen molar-refractivity contribution in [2.75, 3.05) is 20.1 Å². The first kappa shape index (κ1) is 16.2. The van der Waals surface area contributed by atoms with Crippen molar-refractivity contribution in [1.82, 2.24) is 14.3 Å². The zero-order chi connectivity index (χ0) is 14.6. The average Bonchev–Trinajstić information content (AvgIpc) is 2.39. The van der Waals surface area contributed by atoms with Crippen LogP contribution in [-0.2, 0) is 10.2 Å². The van der Waals surface area contributed by atoms with Gasteiger partial charge in [-0.15, -0.1) is 0 Å². The van der Waals surface area contributed by atoms with E-state index in [0.29, 0.717) is 12.5 Å². The van der Waals surface area contributed by atoms with Crippen molar-refractivity contribution < 1.29 is 8.42 Å². The van der Waals surface area contributed by atoms with Gasteiger partial charge in [-0.05, 0) is 38.6 Å². The van der Waals surface area contributed by atoms with Crippen LogP contribution in [0, 0.1) is 5.92 Å². The molecule has 0 spiro atoms. The standard InChI is InChI=1S/C14H29N3O2S/c1-12-6-5-7-13(10-12)16-20(18,19)17-9-4-3-8-14(17)11-15-2/h12-16H,3-11H2,1-2H3. The first-order valence-electron chi connectivity index (χ1n) is 7.96. The molecule has 0 radical (unpaired) electrons. The number of hydrogen-bond donors (Lipinski definition) is 2. The van der Waals surface area contributed by atoms with E-state index in [-0.39, 0.29) is 12.1 Å². The molecule has 2 N–H and O–H groups in total. The zero-order valence-electron chi connectivity index (χ0n) is 12.8. The van der Waals surface area contributed by atoms with Gasteiger partial charge in [0.2, 0.25) is 0 Å². The molecule has 118 valence electrons. The van der Waals surface area contributed by atoms with Gasteiger partial charge in [-0.25, -0.2) is 0 Å². The second-order valence-corrected chi connectivity index (χ2v) is 8.06. The fourth-order valence-electron chi connectivity index (χ4n) is 3.55. The van der Waals surface area contributed by atoms with E-state index in [2.05, 4.69) is 17.0 Å². The second-order valence-electron chi connectivity index (χ2n) is 6.41. The number of piperidine rings is 1. The molecule has 3 atom stereocenters. The SMILES string of the molecule is CNCC1CCCCN1S(=O)(=O)NC1CCCC(C)C1. The topological polar surface area (TPSA) is 61.4 Å². The minimum absolute atomic E-state index is 0.104. The molecule has 5 nitrogen and oxygen atoms in total. The Kier molecular flexibility index (Phi) is 5.84. The molecule has 0 aromatic carbocycles. The molecule has 0 aromatic heterocycles. The van der Waals surface area contributed by atoms with Crippen LogP contribution in [0.5, 0.6) is 0 Å². The molecular weight excluding hydrogens is 274 g/mol. The quantitative estimate of drug-likeness (QED) is 0.808. The maximum Gasteiger partial charge on any atom is 0.279 e. The summed E-state index contributed by atoms with van der Waals surface area (Å²) in [6.45, 7) is 3.61. The Hall–Kier alpha value is -0.170. The van der Waals surface area contributed by atoms with Crippen molar-refractivity contribution in [2.45, 2.75) is 64.0 Å². The van der Waals surface area contributed by atoms with Gasteiger partial charge >= 0.3 is 0 Å².